The molecule has 2 nitrogen and oxygen atoms in total. The normalized spacial score (nSPS) is 13.3. The number of hydrogen-bond donors (Lipinski definition) is 0. The van der Waals surface area contributed by atoms with Crippen molar-refractivity contribution in [3.8, 4) is 39.1 Å². The number of anilines is 3. The zero-order valence-electron chi connectivity index (χ0n) is 37.3. The van der Waals surface area contributed by atoms with E-state index < -0.39 is 0 Å². The lowest BCUT2D eigenvalue weighted by atomic mass is 9.80. The summed E-state index contributed by atoms with van der Waals surface area (Å²) in [5, 5.41) is 7.83. The lowest BCUT2D eigenvalue weighted by Crippen LogP contribution is -2.12. The third kappa shape index (κ3) is 6.76. The smallest absolute Gasteiger partial charge is 0.0619 e. The van der Waals surface area contributed by atoms with E-state index in [1.54, 1.807) is 0 Å². The molecule has 13 rings (SSSR count). The molecule has 2 heterocycles. The minimum atomic E-state index is 0.570. The van der Waals surface area contributed by atoms with Gasteiger partial charge in [-0.25, -0.2) is 0 Å². The van der Waals surface area contributed by atoms with Crippen LogP contribution in [0, 0.1) is 0 Å². The molecule has 1 aliphatic carbocycles. The first-order valence-electron chi connectivity index (χ1n) is 23.9. The Kier molecular flexibility index (Phi) is 9.83. The Balaban J connectivity index is 1.04. The van der Waals surface area contributed by atoms with Crippen LogP contribution in [0.15, 0.2) is 224 Å². The van der Waals surface area contributed by atoms with E-state index in [1.807, 2.05) is 11.3 Å². The number of fused-ring (bicyclic) bond motifs is 7. The summed E-state index contributed by atoms with van der Waals surface area (Å²) in [5.41, 5.74) is 15.8. The molecule has 12 aromatic rings. The summed E-state index contributed by atoms with van der Waals surface area (Å²) >= 11 is 1.89. The third-order valence-corrected chi connectivity index (χ3v) is 15.6. The van der Waals surface area contributed by atoms with Gasteiger partial charge in [-0.05, 0) is 112 Å². The van der Waals surface area contributed by atoms with Crippen LogP contribution in [0.2, 0.25) is 0 Å². The fourth-order valence-electron chi connectivity index (χ4n) is 11.4. The molecule has 1 fully saturated rings. The number of nitrogens with zero attached hydrogens (tertiary/aromatic N) is 2. The Morgan fingerprint density at radius 1 is 0.433 bits per heavy atom. The first-order valence-corrected chi connectivity index (χ1v) is 24.7. The minimum Gasteiger partial charge on any atom is -0.310 e. The maximum absolute atomic E-state index is 2.52. The fraction of sp³-hybridized carbons (Fsp3) is 0.0938. The van der Waals surface area contributed by atoms with Crippen molar-refractivity contribution in [1.29, 1.82) is 0 Å². The fourth-order valence-corrected chi connectivity index (χ4v) is 12.6. The Morgan fingerprint density at radius 2 is 1.03 bits per heavy atom. The molecule has 0 radical (unpaired) electrons. The molecule has 67 heavy (non-hydrogen) atoms. The molecule has 0 atom stereocenters. The second-order valence-corrected chi connectivity index (χ2v) is 19.3. The summed E-state index contributed by atoms with van der Waals surface area (Å²) in [7, 11) is 0. The summed E-state index contributed by atoms with van der Waals surface area (Å²) < 4.78 is 5.09. The quantitative estimate of drug-likeness (QED) is 0.148. The van der Waals surface area contributed by atoms with E-state index in [0.29, 0.717) is 5.92 Å². The Bertz CT molecular complexity index is 3810. The van der Waals surface area contributed by atoms with Crippen LogP contribution in [0.1, 0.15) is 43.6 Å². The van der Waals surface area contributed by atoms with E-state index in [4.69, 9.17) is 0 Å². The van der Waals surface area contributed by atoms with E-state index in [9.17, 15) is 0 Å². The third-order valence-electron chi connectivity index (χ3n) is 14.4. The second-order valence-electron chi connectivity index (χ2n) is 18.2. The molecule has 1 saturated carbocycles. The Labute approximate surface area is 395 Å². The van der Waals surface area contributed by atoms with Gasteiger partial charge in [-0.15, -0.1) is 11.3 Å². The van der Waals surface area contributed by atoms with Gasteiger partial charge in [0.25, 0.3) is 0 Å². The van der Waals surface area contributed by atoms with Gasteiger partial charge in [0, 0.05) is 59.1 Å². The summed E-state index contributed by atoms with van der Waals surface area (Å²) in [4.78, 5) is 2.52. The summed E-state index contributed by atoms with van der Waals surface area (Å²) in [6.07, 6.45) is 6.45. The molecular weight excluding hydrogens is 829 g/mol. The number of para-hydroxylation sites is 4. The van der Waals surface area contributed by atoms with Gasteiger partial charge in [0.15, 0.2) is 0 Å². The maximum atomic E-state index is 2.52. The van der Waals surface area contributed by atoms with E-state index >= 15 is 0 Å². The summed E-state index contributed by atoms with van der Waals surface area (Å²) in [6, 6.07) is 83.5. The number of aromatic nitrogens is 1. The van der Waals surface area contributed by atoms with Gasteiger partial charge in [0.1, 0.15) is 0 Å². The van der Waals surface area contributed by atoms with E-state index in [0.717, 1.165) is 22.7 Å². The summed E-state index contributed by atoms with van der Waals surface area (Å²) in [6.45, 7) is 0. The molecule has 0 spiro atoms. The second kappa shape index (κ2) is 16.6. The molecule has 0 saturated heterocycles. The molecule has 3 heteroatoms. The van der Waals surface area contributed by atoms with Crippen molar-refractivity contribution in [3.63, 3.8) is 0 Å². The first-order chi connectivity index (χ1) is 33.3. The average molecular weight is 877 g/mol. The SMILES string of the molecule is c1ccc(-n2c3ccccc3c3cccc(-c4cccc(N(c5cccc(-c6cccc7c6sc6ccccc67)c5)c5ccccc5-c5cccc6cccc(C7CCCCC7)c56)c4)c32)cc1. The van der Waals surface area contributed by atoms with Crippen LogP contribution in [0.3, 0.4) is 0 Å². The lowest BCUT2D eigenvalue weighted by molar-refractivity contribution is 0.445. The summed E-state index contributed by atoms with van der Waals surface area (Å²) in [5.74, 6) is 0.570. The average Bonchev–Trinajstić information content (AvgIpc) is 3.96. The van der Waals surface area contributed by atoms with Crippen molar-refractivity contribution in [2.24, 2.45) is 0 Å². The number of thiophene rings is 1. The molecule has 0 unspecified atom stereocenters. The highest BCUT2D eigenvalue weighted by Crippen LogP contribution is 2.48. The van der Waals surface area contributed by atoms with Crippen molar-refractivity contribution in [2.45, 2.75) is 38.0 Å². The first kappa shape index (κ1) is 39.6. The minimum absolute atomic E-state index is 0.570. The molecule has 10 aromatic carbocycles. The van der Waals surface area contributed by atoms with E-state index in [2.05, 4.69) is 234 Å². The Hall–Kier alpha value is -7.72. The number of rotatable bonds is 8. The molecule has 1 aliphatic rings. The lowest BCUT2D eigenvalue weighted by Gasteiger charge is -2.30. The standard InChI is InChI=1S/C64H48N2S/c1-3-19-43(20-4-1)50-32-15-21-44-22-16-35-56(62(44)50)53-29-7-10-38-59(53)65(49-28-14-24-46(42-49)52-34-18-37-58-55-31-9-12-40-61(55)67-64(52)58)48-27-13-23-45(41-48)51-33-17-36-57-54-30-8-11-39-60(54)66(63(51)57)47-25-5-2-6-26-47/h2,5-18,21-43H,1,3-4,19-20H2. The van der Waals surface area contributed by atoms with Crippen molar-refractivity contribution < 1.29 is 0 Å². The highest BCUT2D eigenvalue weighted by atomic mass is 32.1. The van der Waals surface area contributed by atoms with Gasteiger partial charge in [-0.3, -0.25) is 0 Å². The van der Waals surface area contributed by atoms with Crippen molar-refractivity contribution in [2.75, 3.05) is 4.90 Å². The highest BCUT2D eigenvalue weighted by molar-refractivity contribution is 7.26. The van der Waals surface area contributed by atoms with Gasteiger partial charge in [-0.1, -0.05) is 189 Å². The van der Waals surface area contributed by atoms with Crippen molar-refractivity contribution in [3.05, 3.63) is 230 Å². The largest absolute Gasteiger partial charge is 0.310 e. The zero-order valence-corrected chi connectivity index (χ0v) is 38.1. The maximum Gasteiger partial charge on any atom is 0.0619 e. The predicted molar refractivity (Wildman–Crippen MR) is 288 cm³/mol. The van der Waals surface area contributed by atoms with Crippen LogP contribution in [-0.2, 0) is 0 Å². The van der Waals surface area contributed by atoms with Crippen LogP contribution < -0.4 is 4.90 Å². The molecule has 0 amide bonds. The topological polar surface area (TPSA) is 8.17 Å². The molecule has 2 aromatic heterocycles. The molecular formula is C64H48N2S. The number of benzene rings is 10. The molecule has 320 valence electrons. The van der Waals surface area contributed by atoms with Crippen LogP contribution >= 0.6 is 11.3 Å². The van der Waals surface area contributed by atoms with Crippen molar-refractivity contribution in [1.82, 2.24) is 4.57 Å². The van der Waals surface area contributed by atoms with Gasteiger partial charge in [0.2, 0.25) is 0 Å². The zero-order chi connectivity index (χ0) is 44.3. The van der Waals surface area contributed by atoms with Crippen molar-refractivity contribution >= 4 is 81.1 Å². The highest BCUT2D eigenvalue weighted by Gasteiger charge is 2.24. The van der Waals surface area contributed by atoms with Gasteiger partial charge in [0.05, 0.1) is 16.7 Å². The van der Waals surface area contributed by atoms with E-state index in [1.165, 1.54) is 124 Å². The molecule has 0 aliphatic heterocycles. The molecule has 0 N–H and O–H groups in total. The van der Waals surface area contributed by atoms with Crippen LogP contribution in [0.5, 0.6) is 0 Å². The van der Waals surface area contributed by atoms with Crippen LogP contribution in [-0.4, -0.2) is 4.57 Å². The predicted octanol–water partition coefficient (Wildman–Crippen LogP) is 18.8. The molecule has 0 bridgehead atoms. The van der Waals surface area contributed by atoms with Crippen LogP contribution in [0.25, 0.3) is 91.8 Å². The van der Waals surface area contributed by atoms with Gasteiger partial charge < -0.3 is 9.47 Å². The van der Waals surface area contributed by atoms with Gasteiger partial charge in [-0.2, -0.15) is 0 Å². The van der Waals surface area contributed by atoms with Gasteiger partial charge >= 0.3 is 0 Å². The van der Waals surface area contributed by atoms with E-state index in [-0.39, 0.29) is 0 Å². The number of hydrogen-bond acceptors (Lipinski definition) is 2. The monoisotopic (exact) mass is 876 g/mol. The van der Waals surface area contributed by atoms with Crippen LogP contribution in [0.4, 0.5) is 17.1 Å². The Morgan fingerprint density at radius 3 is 1.85 bits per heavy atom.